The van der Waals surface area contributed by atoms with Crippen molar-refractivity contribution < 1.29 is 14.6 Å². The summed E-state index contributed by atoms with van der Waals surface area (Å²) in [5, 5.41) is 12.0. The Hall–Kier alpha value is -2.84. The first-order valence-electron chi connectivity index (χ1n) is 10.4. The van der Waals surface area contributed by atoms with Crippen molar-refractivity contribution in [3.63, 3.8) is 0 Å². The maximum atomic E-state index is 12.8. The molecule has 1 fully saturated rings. The normalized spacial score (nSPS) is 16.0. The number of rotatable bonds is 8. The van der Waals surface area contributed by atoms with Crippen LogP contribution in [-0.4, -0.2) is 42.7 Å². The van der Waals surface area contributed by atoms with E-state index in [0.29, 0.717) is 37.2 Å². The predicted octanol–water partition coefficient (Wildman–Crippen LogP) is 2.65. The molecule has 158 valence electrons. The minimum absolute atomic E-state index is 0.0142. The molecule has 1 aliphatic rings. The fourth-order valence-electron chi connectivity index (χ4n) is 4.03. The summed E-state index contributed by atoms with van der Waals surface area (Å²) in [6.45, 7) is 0.0594. The molecule has 2 heterocycles. The second-order valence-electron chi connectivity index (χ2n) is 7.75. The number of hydrogen-bond donors (Lipinski definition) is 2. The van der Waals surface area contributed by atoms with E-state index in [9.17, 15) is 9.59 Å². The summed E-state index contributed by atoms with van der Waals surface area (Å²) in [5.74, 6) is 0.852. The Kier molecular flexibility index (Phi) is 6.06. The highest BCUT2D eigenvalue weighted by Crippen LogP contribution is 2.34. The maximum Gasteiger partial charge on any atom is 0.274 e. The van der Waals surface area contributed by atoms with Gasteiger partial charge in [0.25, 0.3) is 11.3 Å². The van der Waals surface area contributed by atoms with E-state index in [2.05, 4.69) is 15.1 Å². The zero-order valence-corrected chi connectivity index (χ0v) is 16.8. The van der Waals surface area contributed by atoms with Crippen molar-refractivity contribution in [2.75, 3.05) is 6.61 Å². The van der Waals surface area contributed by atoms with Gasteiger partial charge in [0.05, 0.1) is 12.3 Å². The summed E-state index contributed by atoms with van der Waals surface area (Å²) in [6, 6.07) is 10.9. The van der Waals surface area contributed by atoms with Gasteiger partial charge in [0.2, 0.25) is 0 Å². The third-order valence-electron chi connectivity index (χ3n) is 5.66. The molecule has 0 atom stereocenters. The average molecular weight is 410 g/mol. The van der Waals surface area contributed by atoms with Gasteiger partial charge in [0.1, 0.15) is 5.60 Å². The summed E-state index contributed by atoms with van der Waals surface area (Å²) >= 11 is 0. The zero-order chi connectivity index (χ0) is 21.0. The van der Waals surface area contributed by atoms with Gasteiger partial charge in [0.15, 0.2) is 11.6 Å². The summed E-state index contributed by atoms with van der Waals surface area (Å²) in [6.07, 6.45) is 5.01. The van der Waals surface area contributed by atoms with E-state index < -0.39 is 5.60 Å². The largest absolute Gasteiger partial charge is 0.396 e. The third kappa shape index (κ3) is 4.20. The van der Waals surface area contributed by atoms with E-state index in [0.717, 1.165) is 24.8 Å². The molecular weight excluding hydrogens is 384 g/mol. The lowest BCUT2D eigenvalue weighted by Gasteiger charge is -2.35. The summed E-state index contributed by atoms with van der Waals surface area (Å²) in [7, 11) is 0. The molecule has 0 spiro atoms. The highest BCUT2D eigenvalue weighted by Gasteiger charge is 2.39. The number of H-pyrrole nitrogens is 1. The first-order valence-corrected chi connectivity index (χ1v) is 10.4. The molecule has 1 aliphatic carbocycles. The first-order chi connectivity index (χ1) is 14.6. The van der Waals surface area contributed by atoms with Crippen molar-refractivity contribution in [1.29, 1.82) is 0 Å². The second kappa shape index (κ2) is 8.89. The van der Waals surface area contributed by atoms with Crippen molar-refractivity contribution >= 4 is 11.6 Å². The van der Waals surface area contributed by atoms with Gasteiger partial charge in [0, 0.05) is 24.7 Å². The Morgan fingerprint density at radius 1 is 1.17 bits per heavy atom. The number of ether oxygens (including phenoxy) is 1. The topological polar surface area (TPSA) is 110 Å². The van der Waals surface area contributed by atoms with Gasteiger partial charge >= 0.3 is 0 Å². The van der Waals surface area contributed by atoms with E-state index in [1.807, 2.05) is 30.3 Å². The van der Waals surface area contributed by atoms with Gasteiger partial charge in [-0.25, -0.2) is 4.98 Å². The Bertz CT molecular complexity index is 1070. The van der Waals surface area contributed by atoms with Crippen LogP contribution in [0.5, 0.6) is 0 Å². The molecule has 0 bridgehead atoms. The second-order valence-corrected chi connectivity index (χ2v) is 7.75. The number of Topliss-reactive ketones (excluding diaryl/α,β-unsaturated/α-hetero) is 1. The number of nitrogens with zero attached hydrogens (tertiary/aromatic N) is 3. The van der Waals surface area contributed by atoms with Crippen LogP contribution in [0.2, 0.25) is 0 Å². The van der Waals surface area contributed by atoms with Crippen LogP contribution in [0.3, 0.4) is 0 Å². The summed E-state index contributed by atoms with van der Waals surface area (Å²) < 4.78 is 7.43. The lowest BCUT2D eigenvalue weighted by Crippen LogP contribution is -2.43. The summed E-state index contributed by atoms with van der Waals surface area (Å²) in [4.78, 5) is 34.3. The van der Waals surface area contributed by atoms with Crippen molar-refractivity contribution in [3.05, 3.63) is 52.4 Å². The highest BCUT2D eigenvalue weighted by atomic mass is 16.5. The van der Waals surface area contributed by atoms with Crippen LogP contribution in [0.15, 0.2) is 41.2 Å². The molecule has 30 heavy (non-hydrogen) atoms. The minimum atomic E-state index is -0.846. The lowest BCUT2D eigenvalue weighted by molar-refractivity contribution is -0.152. The van der Waals surface area contributed by atoms with E-state index in [4.69, 9.17) is 9.84 Å². The van der Waals surface area contributed by atoms with Gasteiger partial charge < -0.3 is 9.84 Å². The Labute approximate surface area is 173 Å². The van der Waals surface area contributed by atoms with Crippen molar-refractivity contribution in [2.24, 2.45) is 0 Å². The molecule has 0 radical (unpaired) electrons. The molecule has 1 saturated carbocycles. The van der Waals surface area contributed by atoms with Gasteiger partial charge in [-0.2, -0.15) is 9.50 Å². The van der Waals surface area contributed by atoms with Gasteiger partial charge in [-0.05, 0) is 19.3 Å². The molecule has 0 amide bonds. The number of aromatic nitrogens is 4. The van der Waals surface area contributed by atoms with Crippen LogP contribution < -0.4 is 5.56 Å². The van der Waals surface area contributed by atoms with Crippen LogP contribution in [0, 0.1) is 0 Å². The zero-order valence-electron chi connectivity index (χ0n) is 16.8. The number of aliphatic hydroxyl groups is 1. The van der Waals surface area contributed by atoms with Crippen LogP contribution in [0.25, 0.3) is 17.2 Å². The monoisotopic (exact) mass is 410 g/mol. The van der Waals surface area contributed by atoms with Gasteiger partial charge in [-0.15, -0.1) is 0 Å². The quantitative estimate of drug-likeness (QED) is 0.591. The average Bonchev–Trinajstić information content (AvgIpc) is 3.22. The molecule has 2 aromatic heterocycles. The number of aromatic amines is 1. The summed E-state index contributed by atoms with van der Waals surface area (Å²) in [5.41, 5.74) is 0.181. The van der Waals surface area contributed by atoms with E-state index in [1.165, 1.54) is 10.6 Å². The number of nitrogens with one attached hydrogen (secondary N) is 1. The number of hydrogen-bond acceptors (Lipinski definition) is 6. The fourth-order valence-corrected chi connectivity index (χ4v) is 4.03. The van der Waals surface area contributed by atoms with Gasteiger partial charge in [-0.3, -0.25) is 14.7 Å². The molecule has 0 saturated heterocycles. The number of carbonyl (C=O) groups is 1. The molecule has 3 aromatic rings. The molecule has 4 rings (SSSR count). The van der Waals surface area contributed by atoms with Crippen LogP contribution in [-0.2, 0) is 16.1 Å². The maximum absolute atomic E-state index is 12.8. The van der Waals surface area contributed by atoms with Crippen molar-refractivity contribution in [3.8, 4) is 11.4 Å². The standard InChI is InChI=1S/C22H26N4O4/c27-13-7-10-18(28)22(11-5-2-6-12-22)30-15-17-14-19(29)26-21(23-17)24-20(25-26)16-8-3-1-4-9-16/h1,3-4,8-9,14,27H,2,5-7,10-13,15H2,(H,23,24,25). The Morgan fingerprint density at radius 2 is 1.93 bits per heavy atom. The molecular formula is C22H26N4O4. The predicted molar refractivity (Wildman–Crippen MR) is 111 cm³/mol. The molecule has 8 nitrogen and oxygen atoms in total. The van der Waals surface area contributed by atoms with Crippen molar-refractivity contribution in [2.45, 2.75) is 57.2 Å². The first kappa shape index (κ1) is 20.4. The van der Waals surface area contributed by atoms with Crippen molar-refractivity contribution in [1.82, 2.24) is 19.6 Å². The number of aliphatic hydroxyl groups excluding tert-OH is 1. The van der Waals surface area contributed by atoms with E-state index in [-0.39, 0.29) is 30.3 Å². The van der Waals surface area contributed by atoms with E-state index in [1.54, 1.807) is 0 Å². The minimum Gasteiger partial charge on any atom is -0.396 e. The molecule has 0 unspecified atom stereocenters. The van der Waals surface area contributed by atoms with Crippen LogP contribution in [0.1, 0.15) is 50.6 Å². The van der Waals surface area contributed by atoms with Crippen LogP contribution >= 0.6 is 0 Å². The Balaban J connectivity index is 1.57. The number of ketones is 1. The molecule has 0 aliphatic heterocycles. The number of fused-ring (bicyclic) bond motifs is 1. The molecule has 2 N–H and O–H groups in total. The third-order valence-corrected chi connectivity index (χ3v) is 5.66. The Morgan fingerprint density at radius 3 is 2.67 bits per heavy atom. The lowest BCUT2D eigenvalue weighted by atomic mass is 9.80. The number of carbonyl (C=O) groups excluding carboxylic acids is 1. The van der Waals surface area contributed by atoms with Gasteiger partial charge in [-0.1, -0.05) is 49.6 Å². The molecule has 8 heteroatoms. The molecule has 1 aromatic carbocycles. The number of benzene rings is 1. The van der Waals surface area contributed by atoms with Crippen LogP contribution in [0.4, 0.5) is 0 Å². The fraction of sp³-hybridized carbons (Fsp3) is 0.455. The highest BCUT2D eigenvalue weighted by molar-refractivity contribution is 5.87. The van der Waals surface area contributed by atoms with E-state index >= 15 is 0 Å². The SMILES string of the molecule is O=C(CCCO)C1(OCc2cc(=O)n3[nH]c(-c4ccccc4)nc3n2)CCCCC1. The smallest absolute Gasteiger partial charge is 0.274 e.